The fraction of sp³-hybridized carbons (Fsp3) is 1.00. The second kappa shape index (κ2) is 6.41. The lowest BCUT2D eigenvalue weighted by atomic mass is 10.0. The van der Waals surface area contributed by atoms with Crippen LogP contribution in [0.15, 0.2) is 0 Å². The van der Waals surface area contributed by atoms with Crippen LogP contribution in [0, 0.1) is 11.8 Å². The molecule has 0 aromatic heterocycles. The van der Waals surface area contributed by atoms with Crippen molar-refractivity contribution in [2.45, 2.75) is 52.0 Å². The zero-order valence-corrected chi connectivity index (χ0v) is 9.63. The third-order valence-electron chi connectivity index (χ3n) is 3.50. The molecule has 3 atom stereocenters. The molecule has 0 aliphatic heterocycles. The van der Waals surface area contributed by atoms with Crippen LogP contribution in [-0.4, -0.2) is 24.3 Å². The summed E-state index contributed by atoms with van der Waals surface area (Å²) in [5, 5.41) is 12.4. The monoisotopic (exact) mass is 199 g/mol. The van der Waals surface area contributed by atoms with E-state index in [4.69, 9.17) is 5.11 Å². The maximum Gasteiger partial charge on any atom is 0.0434 e. The molecule has 1 rings (SSSR count). The first-order valence-electron chi connectivity index (χ1n) is 6.10. The van der Waals surface area contributed by atoms with Crippen LogP contribution in [0.4, 0.5) is 0 Å². The first-order valence-corrected chi connectivity index (χ1v) is 6.10. The number of rotatable bonds is 6. The molecule has 0 aromatic rings. The molecule has 2 heteroatoms. The lowest BCUT2D eigenvalue weighted by Gasteiger charge is -2.16. The Morgan fingerprint density at radius 3 is 2.79 bits per heavy atom. The Labute approximate surface area is 88.1 Å². The molecule has 1 aliphatic carbocycles. The summed E-state index contributed by atoms with van der Waals surface area (Å²) >= 11 is 0. The third-order valence-corrected chi connectivity index (χ3v) is 3.50. The van der Waals surface area contributed by atoms with E-state index in [2.05, 4.69) is 19.2 Å². The van der Waals surface area contributed by atoms with Crippen LogP contribution in [0.2, 0.25) is 0 Å². The Morgan fingerprint density at radius 1 is 1.43 bits per heavy atom. The standard InChI is InChI=1S/C12H25NO/c1-3-11-4-5-12(8-11)13-9-10(2)6-7-14/h10-14H,3-9H2,1-2H3. The van der Waals surface area contributed by atoms with Crippen molar-refractivity contribution in [2.75, 3.05) is 13.2 Å². The Kier molecular flexibility index (Phi) is 5.49. The fourth-order valence-electron chi connectivity index (χ4n) is 2.32. The Bertz CT molecular complexity index is 149. The highest BCUT2D eigenvalue weighted by Crippen LogP contribution is 2.27. The number of nitrogens with one attached hydrogen (secondary N) is 1. The predicted octanol–water partition coefficient (Wildman–Crippen LogP) is 2.17. The summed E-state index contributed by atoms with van der Waals surface area (Å²) in [5.41, 5.74) is 0. The van der Waals surface area contributed by atoms with Crippen LogP contribution in [0.25, 0.3) is 0 Å². The van der Waals surface area contributed by atoms with E-state index in [9.17, 15) is 0 Å². The maximum atomic E-state index is 8.78. The molecule has 0 heterocycles. The molecule has 84 valence electrons. The van der Waals surface area contributed by atoms with Gasteiger partial charge in [0, 0.05) is 12.6 Å². The molecule has 0 aromatic carbocycles. The molecular weight excluding hydrogens is 174 g/mol. The summed E-state index contributed by atoms with van der Waals surface area (Å²) in [6.07, 6.45) is 6.39. The van der Waals surface area contributed by atoms with E-state index in [-0.39, 0.29) is 0 Å². The topological polar surface area (TPSA) is 32.3 Å². The summed E-state index contributed by atoms with van der Waals surface area (Å²) < 4.78 is 0. The fourth-order valence-corrected chi connectivity index (χ4v) is 2.32. The van der Waals surface area contributed by atoms with Crippen molar-refractivity contribution in [2.24, 2.45) is 11.8 Å². The number of aliphatic hydroxyl groups is 1. The van der Waals surface area contributed by atoms with Gasteiger partial charge in [-0.2, -0.15) is 0 Å². The van der Waals surface area contributed by atoms with Crippen molar-refractivity contribution in [1.82, 2.24) is 5.32 Å². The molecule has 0 saturated heterocycles. The molecule has 0 radical (unpaired) electrons. The van der Waals surface area contributed by atoms with Crippen LogP contribution in [0.1, 0.15) is 46.0 Å². The summed E-state index contributed by atoms with van der Waals surface area (Å²) in [5.74, 6) is 1.57. The van der Waals surface area contributed by atoms with Crippen molar-refractivity contribution < 1.29 is 5.11 Å². The van der Waals surface area contributed by atoms with E-state index >= 15 is 0 Å². The largest absolute Gasteiger partial charge is 0.396 e. The minimum atomic E-state index is 0.325. The first-order chi connectivity index (χ1) is 6.76. The van der Waals surface area contributed by atoms with E-state index in [0.717, 1.165) is 24.9 Å². The smallest absolute Gasteiger partial charge is 0.0434 e. The molecule has 2 N–H and O–H groups in total. The number of hydrogen-bond donors (Lipinski definition) is 2. The Balaban J connectivity index is 2.07. The van der Waals surface area contributed by atoms with E-state index in [1.54, 1.807) is 0 Å². The number of hydrogen-bond acceptors (Lipinski definition) is 2. The molecule has 0 spiro atoms. The average Bonchev–Trinajstić information content (AvgIpc) is 2.63. The van der Waals surface area contributed by atoms with Gasteiger partial charge in [0.15, 0.2) is 0 Å². The molecular formula is C12H25NO. The lowest BCUT2D eigenvalue weighted by molar-refractivity contribution is 0.257. The molecule has 1 aliphatic rings. The van der Waals surface area contributed by atoms with Gasteiger partial charge in [0.05, 0.1) is 0 Å². The first kappa shape index (κ1) is 12.0. The lowest BCUT2D eigenvalue weighted by Crippen LogP contribution is -2.31. The van der Waals surface area contributed by atoms with Gasteiger partial charge < -0.3 is 10.4 Å². The minimum Gasteiger partial charge on any atom is -0.396 e. The van der Waals surface area contributed by atoms with Crippen LogP contribution in [0.5, 0.6) is 0 Å². The molecule has 1 fully saturated rings. The predicted molar refractivity (Wildman–Crippen MR) is 60.3 cm³/mol. The second-order valence-electron chi connectivity index (χ2n) is 4.81. The van der Waals surface area contributed by atoms with Gasteiger partial charge >= 0.3 is 0 Å². The number of aliphatic hydroxyl groups excluding tert-OH is 1. The molecule has 3 unspecified atom stereocenters. The molecule has 0 bridgehead atoms. The summed E-state index contributed by atoms with van der Waals surface area (Å²) in [6.45, 7) is 5.89. The highest BCUT2D eigenvalue weighted by molar-refractivity contribution is 4.80. The van der Waals surface area contributed by atoms with Gasteiger partial charge in [0.2, 0.25) is 0 Å². The van der Waals surface area contributed by atoms with Gasteiger partial charge in [0.1, 0.15) is 0 Å². The molecule has 2 nitrogen and oxygen atoms in total. The molecule has 14 heavy (non-hydrogen) atoms. The van der Waals surface area contributed by atoms with Crippen LogP contribution < -0.4 is 5.32 Å². The maximum absolute atomic E-state index is 8.78. The van der Waals surface area contributed by atoms with Crippen LogP contribution in [-0.2, 0) is 0 Å². The van der Waals surface area contributed by atoms with Crippen molar-refractivity contribution in [1.29, 1.82) is 0 Å². The summed E-state index contributed by atoms with van der Waals surface area (Å²) in [4.78, 5) is 0. The summed E-state index contributed by atoms with van der Waals surface area (Å²) in [6, 6.07) is 0.751. The van der Waals surface area contributed by atoms with Gasteiger partial charge in [-0.1, -0.05) is 20.3 Å². The zero-order valence-electron chi connectivity index (χ0n) is 9.63. The van der Waals surface area contributed by atoms with Crippen molar-refractivity contribution in [3.05, 3.63) is 0 Å². The van der Waals surface area contributed by atoms with E-state index in [1.165, 1.54) is 25.7 Å². The van der Waals surface area contributed by atoms with E-state index in [0.29, 0.717) is 12.5 Å². The van der Waals surface area contributed by atoms with Gasteiger partial charge in [-0.05, 0) is 44.1 Å². The van der Waals surface area contributed by atoms with Crippen molar-refractivity contribution >= 4 is 0 Å². The molecule has 0 amide bonds. The Morgan fingerprint density at radius 2 is 2.21 bits per heavy atom. The van der Waals surface area contributed by atoms with Crippen molar-refractivity contribution in [3.8, 4) is 0 Å². The third kappa shape index (κ3) is 3.97. The average molecular weight is 199 g/mol. The minimum absolute atomic E-state index is 0.325. The normalized spacial score (nSPS) is 29.4. The quantitative estimate of drug-likeness (QED) is 0.687. The highest BCUT2D eigenvalue weighted by Gasteiger charge is 2.22. The van der Waals surface area contributed by atoms with Crippen LogP contribution in [0.3, 0.4) is 0 Å². The second-order valence-corrected chi connectivity index (χ2v) is 4.81. The van der Waals surface area contributed by atoms with Gasteiger partial charge in [-0.25, -0.2) is 0 Å². The highest BCUT2D eigenvalue weighted by atomic mass is 16.3. The van der Waals surface area contributed by atoms with Gasteiger partial charge in [-0.15, -0.1) is 0 Å². The van der Waals surface area contributed by atoms with E-state index in [1.807, 2.05) is 0 Å². The van der Waals surface area contributed by atoms with E-state index < -0.39 is 0 Å². The zero-order chi connectivity index (χ0) is 10.4. The van der Waals surface area contributed by atoms with Crippen molar-refractivity contribution in [3.63, 3.8) is 0 Å². The van der Waals surface area contributed by atoms with Gasteiger partial charge in [0.25, 0.3) is 0 Å². The Hall–Kier alpha value is -0.0800. The SMILES string of the molecule is CCC1CCC(NCC(C)CCO)C1. The molecule has 1 saturated carbocycles. The summed E-state index contributed by atoms with van der Waals surface area (Å²) in [7, 11) is 0. The van der Waals surface area contributed by atoms with Gasteiger partial charge in [-0.3, -0.25) is 0 Å². The van der Waals surface area contributed by atoms with Crippen LogP contribution >= 0.6 is 0 Å².